The first-order chi connectivity index (χ1) is 10.8. The second-order valence-corrected chi connectivity index (χ2v) is 6.84. The maximum atomic E-state index is 13.1. The number of nitrogens with one attached hydrogen (secondary N) is 1. The van der Waals surface area contributed by atoms with E-state index in [1.807, 2.05) is 0 Å². The monoisotopic (exact) mass is 349 g/mol. The average molecular weight is 349 g/mol. The number of rotatable bonds is 6. The molecule has 0 spiro atoms. The van der Waals surface area contributed by atoms with Crippen molar-refractivity contribution in [2.75, 3.05) is 13.2 Å². The normalized spacial score (nSPS) is 19.5. The predicted molar refractivity (Wildman–Crippen MR) is 76.1 cm³/mol. The van der Waals surface area contributed by atoms with E-state index in [-0.39, 0.29) is 12.7 Å². The van der Waals surface area contributed by atoms with Gasteiger partial charge >= 0.3 is 0 Å². The molecule has 1 amide bonds. The van der Waals surface area contributed by atoms with Gasteiger partial charge in [0.1, 0.15) is 6.10 Å². The highest BCUT2D eigenvalue weighted by molar-refractivity contribution is 7.90. The summed E-state index contributed by atoms with van der Waals surface area (Å²) in [6.07, 6.45) is 0.605. The Morgan fingerprint density at radius 2 is 2.17 bits per heavy atom. The summed E-state index contributed by atoms with van der Waals surface area (Å²) in [4.78, 5) is 11.3. The van der Waals surface area contributed by atoms with Crippen LogP contribution in [-0.2, 0) is 24.3 Å². The van der Waals surface area contributed by atoms with Gasteiger partial charge in [-0.25, -0.2) is 21.9 Å². The Balaban J connectivity index is 1.95. The fraction of sp³-hybridized carbons (Fsp3) is 0.500. The molecule has 1 N–H and O–H groups in total. The molecule has 0 aliphatic carbocycles. The van der Waals surface area contributed by atoms with Gasteiger partial charge in [0, 0.05) is 6.61 Å². The molecule has 2 atom stereocenters. The Morgan fingerprint density at radius 1 is 1.43 bits per heavy atom. The number of ether oxygens (including phenoxy) is 2. The van der Waals surface area contributed by atoms with Crippen LogP contribution in [0.1, 0.15) is 19.8 Å². The number of hydrogen-bond donors (Lipinski definition) is 1. The van der Waals surface area contributed by atoms with Crippen LogP contribution in [0.3, 0.4) is 0 Å². The molecule has 128 valence electrons. The first-order valence-corrected chi connectivity index (χ1v) is 8.53. The molecule has 23 heavy (non-hydrogen) atoms. The van der Waals surface area contributed by atoms with Crippen molar-refractivity contribution < 1.29 is 31.5 Å². The summed E-state index contributed by atoms with van der Waals surface area (Å²) in [6.45, 7) is 2.21. The zero-order valence-corrected chi connectivity index (χ0v) is 13.2. The van der Waals surface area contributed by atoms with Gasteiger partial charge in [-0.1, -0.05) is 0 Å². The highest BCUT2D eigenvalue weighted by atomic mass is 32.2. The van der Waals surface area contributed by atoms with Gasteiger partial charge in [-0.3, -0.25) is 4.79 Å². The van der Waals surface area contributed by atoms with E-state index >= 15 is 0 Å². The van der Waals surface area contributed by atoms with Gasteiger partial charge in [0.2, 0.25) is 0 Å². The van der Waals surface area contributed by atoms with Gasteiger partial charge in [-0.15, -0.1) is 0 Å². The second-order valence-electron chi connectivity index (χ2n) is 5.16. The minimum Gasteiger partial charge on any atom is -0.376 e. The van der Waals surface area contributed by atoms with Gasteiger partial charge in [0.25, 0.3) is 15.9 Å². The number of amides is 1. The van der Waals surface area contributed by atoms with Crippen molar-refractivity contribution in [1.29, 1.82) is 0 Å². The molecule has 6 nitrogen and oxygen atoms in total. The highest BCUT2D eigenvalue weighted by Gasteiger charge is 2.25. The lowest BCUT2D eigenvalue weighted by molar-refractivity contribution is -0.131. The van der Waals surface area contributed by atoms with Crippen LogP contribution >= 0.6 is 0 Å². The Hall–Kier alpha value is -1.58. The molecule has 0 bridgehead atoms. The molecular weight excluding hydrogens is 332 g/mol. The lowest BCUT2D eigenvalue weighted by Crippen LogP contribution is -2.39. The van der Waals surface area contributed by atoms with Crippen LogP contribution in [0.15, 0.2) is 23.1 Å². The van der Waals surface area contributed by atoms with Crippen LogP contribution in [-0.4, -0.2) is 39.7 Å². The summed E-state index contributed by atoms with van der Waals surface area (Å²) in [5.74, 6) is -3.39. The Labute approximate surface area is 132 Å². The molecule has 1 saturated heterocycles. The van der Waals surface area contributed by atoms with E-state index in [2.05, 4.69) is 0 Å². The molecule has 0 aromatic heterocycles. The van der Waals surface area contributed by atoms with Crippen molar-refractivity contribution in [2.45, 2.75) is 36.9 Å². The minimum atomic E-state index is -4.30. The van der Waals surface area contributed by atoms with Crippen molar-refractivity contribution in [3.05, 3.63) is 29.8 Å². The molecule has 1 fully saturated rings. The van der Waals surface area contributed by atoms with E-state index < -0.39 is 38.6 Å². The zero-order chi connectivity index (χ0) is 17.0. The summed E-state index contributed by atoms with van der Waals surface area (Å²) in [5.41, 5.74) is 0. The first-order valence-electron chi connectivity index (χ1n) is 7.04. The van der Waals surface area contributed by atoms with E-state index in [1.165, 1.54) is 6.92 Å². The van der Waals surface area contributed by atoms with Crippen LogP contribution in [0.4, 0.5) is 8.78 Å². The van der Waals surface area contributed by atoms with Crippen molar-refractivity contribution in [1.82, 2.24) is 4.72 Å². The number of benzene rings is 1. The zero-order valence-electron chi connectivity index (χ0n) is 12.4. The minimum absolute atomic E-state index is 0.104. The van der Waals surface area contributed by atoms with Crippen LogP contribution < -0.4 is 4.72 Å². The Kier molecular flexibility index (Phi) is 5.66. The number of carbonyl (C=O) groups is 1. The third-order valence-corrected chi connectivity index (χ3v) is 4.71. The van der Waals surface area contributed by atoms with Crippen LogP contribution in [0.5, 0.6) is 0 Å². The summed E-state index contributed by atoms with van der Waals surface area (Å²) >= 11 is 0. The van der Waals surface area contributed by atoms with Crippen molar-refractivity contribution >= 4 is 15.9 Å². The topological polar surface area (TPSA) is 81.7 Å². The largest absolute Gasteiger partial charge is 0.376 e. The molecule has 1 aromatic carbocycles. The number of halogens is 2. The van der Waals surface area contributed by atoms with Gasteiger partial charge in [0.15, 0.2) is 11.6 Å². The predicted octanol–water partition coefficient (Wildman–Crippen LogP) is 1.35. The molecule has 1 aliphatic rings. The maximum absolute atomic E-state index is 13.1. The number of hydrogen-bond acceptors (Lipinski definition) is 5. The fourth-order valence-corrected chi connectivity index (χ4v) is 3.08. The van der Waals surface area contributed by atoms with E-state index in [9.17, 15) is 22.0 Å². The maximum Gasteiger partial charge on any atom is 0.264 e. The third kappa shape index (κ3) is 4.69. The quantitative estimate of drug-likeness (QED) is 0.838. The third-order valence-electron chi connectivity index (χ3n) is 3.36. The second kappa shape index (κ2) is 7.33. The van der Waals surface area contributed by atoms with Crippen molar-refractivity contribution in [2.24, 2.45) is 0 Å². The summed E-state index contributed by atoms with van der Waals surface area (Å²) in [7, 11) is -4.30. The lowest BCUT2D eigenvalue weighted by atomic mass is 10.2. The smallest absolute Gasteiger partial charge is 0.264 e. The summed E-state index contributed by atoms with van der Waals surface area (Å²) in [6, 6.07) is 2.04. The van der Waals surface area contributed by atoms with Gasteiger partial charge < -0.3 is 9.47 Å². The first kappa shape index (κ1) is 17.8. The van der Waals surface area contributed by atoms with E-state index in [1.54, 1.807) is 4.72 Å². The number of carbonyl (C=O) groups excluding carboxylic acids is 1. The molecular formula is C14H17F2NO5S. The van der Waals surface area contributed by atoms with Crippen molar-refractivity contribution in [3.8, 4) is 0 Å². The van der Waals surface area contributed by atoms with E-state index in [0.717, 1.165) is 18.9 Å². The molecule has 0 saturated carbocycles. The van der Waals surface area contributed by atoms with Crippen molar-refractivity contribution in [3.63, 3.8) is 0 Å². The molecule has 0 radical (unpaired) electrons. The summed E-state index contributed by atoms with van der Waals surface area (Å²) in [5, 5.41) is 0. The fourth-order valence-electron chi connectivity index (χ4n) is 2.02. The molecule has 0 unspecified atom stereocenters. The lowest BCUT2D eigenvalue weighted by Gasteiger charge is -2.16. The standard InChI is InChI=1S/C14H17F2NO5S/c1-9(22-8-10-3-2-6-21-10)14(18)17-23(19,20)11-4-5-12(15)13(16)7-11/h4-5,7,9-10H,2-3,6,8H2,1H3,(H,17,18)/t9-,10-/m0/s1. The van der Waals surface area contributed by atoms with E-state index in [4.69, 9.17) is 9.47 Å². The highest BCUT2D eigenvalue weighted by Crippen LogP contribution is 2.15. The van der Waals surface area contributed by atoms with Crippen LogP contribution in [0.25, 0.3) is 0 Å². The Bertz CT molecular complexity index is 674. The molecule has 1 aromatic rings. The molecule has 9 heteroatoms. The van der Waals surface area contributed by atoms with Gasteiger partial charge in [-0.05, 0) is 38.0 Å². The van der Waals surface area contributed by atoms with Crippen LogP contribution in [0.2, 0.25) is 0 Å². The average Bonchev–Trinajstić information content (AvgIpc) is 3.00. The van der Waals surface area contributed by atoms with Gasteiger partial charge in [0.05, 0.1) is 17.6 Å². The molecule has 1 aliphatic heterocycles. The molecule has 2 rings (SSSR count). The molecule has 1 heterocycles. The Morgan fingerprint density at radius 3 is 2.78 bits per heavy atom. The number of sulfonamides is 1. The van der Waals surface area contributed by atoms with Crippen LogP contribution in [0, 0.1) is 11.6 Å². The van der Waals surface area contributed by atoms with Gasteiger partial charge in [-0.2, -0.15) is 0 Å². The van der Waals surface area contributed by atoms with E-state index in [0.29, 0.717) is 18.7 Å². The summed E-state index contributed by atoms with van der Waals surface area (Å²) < 4.78 is 62.3. The SMILES string of the molecule is C[C@H](OC[C@@H]1CCCO1)C(=O)NS(=O)(=O)c1ccc(F)c(F)c1.